The van der Waals surface area contributed by atoms with Gasteiger partial charge in [-0.1, -0.05) is 42.3 Å². The molecule has 0 saturated heterocycles. The highest BCUT2D eigenvalue weighted by atomic mass is 35.5. The second-order valence-corrected chi connectivity index (χ2v) is 7.41. The third kappa shape index (κ3) is 4.34. The van der Waals surface area contributed by atoms with Crippen LogP contribution >= 0.6 is 11.6 Å². The number of hydrogen-bond acceptors (Lipinski definition) is 3. The van der Waals surface area contributed by atoms with Crippen LogP contribution in [0.15, 0.2) is 48.5 Å². The van der Waals surface area contributed by atoms with Gasteiger partial charge in [-0.25, -0.2) is 0 Å². The van der Waals surface area contributed by atoms with Crippen molar-refractivity contribution in [3.05, 3.63) is 70.2 Å². The molecule has 1 saturated carbocycles. The predicted octanol–water partition coefficient (Wildman–Crippen LogP) is 2.29. The second-order valence-electron chi connectivity index (χ2n) is 6.97. The van der Waals surface area contributed by atoms with Crippen molar-refractivity contribution in [3.8, 4) is 0 Å². The summed E-state index contributed by atoms with van der Waals surface area (Å²) in [5, 5.41) is 6.06. The lowest BCUT2D eigenvalue weighted by atomic mass is 9.64. The Morgan fingerprint density at radius 1 is 1.04 bits per heavy atom. The van der Waals surface area contributed by atoms with Crippen molar-refractivity contribution in [2.24, 2.45) is 5.73 Å². The molecule has 2 aromatic rings. The number of carbonyl (C=O) groups is 3. The van der Waals surface area contributed by atoms with Crippen LogP contribution in [0.1, 0.15) is 40.7 Å². The zero-order valence-corrected chi connectivity index (χ0v) is 16.1. The van der Waals surface area contributed by atoms with Crippen molar-refractivity contribution in [1.29, 1.82) is 0 Å². The van der Waals surface area contributed by atoms with E-state index in [4.69, 9.17) is 17.3 Å². The third-order valence-electron chi connectivity index (χ3n) is 5.11. The maximum absolute atomic E-state index is 12.9. The molecule has 28 heavy (non-hydrogen) atoms. The van der Waals surface area contributed by atoms with Crippen LogP contribution in [0.2, 0.25) is 5.02 Å². The van der Waals surface area contributed by atoms with E-state index in [1.54, 1.807) is 30.3 Å². The molecule has 0 aromatic heterocycles. The molecule has 0 aliphatic heterocycles. The van der Waals surface area contributed by atoms with Crippen molar-refractivity contribution in [2.45, 2.75) is 31.2 Å². The van der Waals surface area contributed by atoms with Gasteiger partial charge in [0.25, 0.3) is 5.91 Å². The van der Waals surface area contributed by atoms with Gasteiger partial charge in [-0.2, -0.15) is 0 Å². The van der Waals surface area contributed by atoms with Crippen molar-refractivity contribution in [3.63, 3.8) is 0 Å². The SMILES string of the molecule is NC(=O)CNC(=O)c1ccc(CNC(=O)C2(c3cccc(Cl)c3)CCC2)cc1. The number of rotatable bonds is 7. The van der Waals surface area contributed by atoms with E-state index in [0.717, 1.165) is 30.4 Å². The molecule has 0 radical (unpaired) electrons. The first kappa shape index (κ1) is 19.9. The topological polar surface area (TPSA) is 101 Å². The summed E-state index contributed by atoms with van der Waals surface area (Å²) in [7, 11) is 0. The summed E-state index contributed by atoms with van der Waals surface area (Å²) in [6.45, 7) is 0.159. The fourth-order valence-electron chi connectivity index (χ4n) is 3.36. The fraction of sp³-hybridized carbons (Fsp3) is 0.286. The molecular formula is C21H22ClN3O3. The zero-order valence-electron chi connectivity index (χ0n) is 15.3. The van der Waals surface area contributed by atoms with E-state index in [1.165, 1.54) is 0 Å². The molecule has 0 atom stereocenters. The number of halogens is 1. The number of amides is 3. The van der Waals surface area contributed by atoms with Crippen LogP contribution in [0.3, 0.4) is 0 Å². The molecule has 0 spiro atoms. The lowest BCUT2D eigenvalue weighted by molar-refractivity contribution is -0.130. The largest absolute Gasteiger partial charge is 0.368 e. The molecule has 0 bridgehead atoms. The number of nitrogens with one attached hydrogen (secondary N) is 2. The summed E-state index contributed by atoms with van der Waals surface area (Å²) in [6.07, 6.45) is 2.62. The Balaban J connectivity index is 1.61. The Bertz CT molecular complexity index is 892. The Morgan fingerprint density at radius 2 is 1.75 bits per heavy atom. The fourth-order valence-corrected chi connectivity index (χ4v) is 3.55. The monoisotopic (exact) mass is 399 g/mol. The number of benzene rings is 2. The maximum Gasteiger partial charge on any atom is 0.251 e. The normalized spacial score (nSPS) is 14.6. The quantitative estimate of drug-likeness (QED) is 0.665. The molecule has 0 unspecified atom stereocenters. The van der Waals surface area contributed by atoms with Crippen molar-refractivity contribution in [1.82, 2.24) is 10.6 Å². The Hall–Kier alpha value is -2.86. The Kier molecular flexibility index (Phi) is 5.99. The van der Waals surface area contributed by atoms with Crippen LogP contribution < -0.4 is 16.4 Å². The molecule has 1 fully saturated rings. The smallest absolute Gasteiger partial charge is 0.251 e. The first-order valence-corrected chi connectivity index (χ1v) is 9.48. The van der Waals surface area contributed by atoms with Gasteiger partial charge in [-0.3, -0.25) is 14.4 Å². The van der Waals surface area contributed by atoms with E-state index in [-0.39, 0.29) is 18.4 Å². The standard InChI is InChI=1S/C21H22ClN3O3/c22-17-4-1-3-16(11-17)21(9-2-10-21)20(28)25-12-14-5-7-15(8-6-14)19(27)24-13-18(23)26/h1,3-8,11H,2,9-10,12-13H2,(H2,23,26)(H,24,27)(H,25,28). The lowest BCUT2D eigenvalue weighted by Gasteiger charge is -2.40. The average Bonchev–Trinajstić information content (AvgIpc) is 2.64. The van der Waals surface area contributed by atoms with Gasteiger partial charge in [0.1, 0.15) is 0 Å². The Morgan fingerprint density at radius 3 is 2.32 bits per heavy atom. The van der Waals surface area contributed by atoms with Crippen LogP contribution in [-0.2, 0) is 21.5 Å². The van der Waals surface area contributed by atoms with Crippen LogP contribution in [0, 0.1) is 0 Å². The molecule has 3 amide bonds. The summed E-state index contributed by atoms with van der Waals surface area (Å²) < 4.78 is 0. The van der Waals surface area contributed by atoms with Crippen molar-refractivity contribution < 1.29 is 14.4 Å². The summed E-state index contributed by atoms with van der Waals surface area (Å²) in [5.74, 6) is -0.981. The summed E-state index contributed by atoms with van der Waals surface area (Å²) in [6, 6.07) is 14.3. The summed E-state index contributed by atoms with van der Waals surface area (Å²) in [5.41, 5.74) is 6.74. The molecule has 6 nitrogen and oxygen atoms in total. The number of nitrogens with two attached hydrogens (primary N) is 1. The van der Waals surface area contributed by atoms with Gasteiger partial charge in [0, 0.05) is 17.1 Å². The average molecular weight is 400 g/mol. The van der Waals surface area contributed by atoms with Crippen LogP contribution in [0.5, 0.6) is 0 Å². The van der Waals surface area contributed by atoms with Gasteiger partial charge in [0.15, 0.2) is 0 Å². The van der Waals surface area contributed by atoms with E-state index < -0.39 is 11.3 Å². The number of primary amides is 1. The van der Waals surface area contributed by atoms with Gasteiger partial charge in [0.05, 0.1) is 12.0 Å². The van der Waals surface area contributed by atoms with Gasteiger partial charge < -0.3 is 16.4 Å². The predicted molar refractivity (Wildman–Crippen MR) is 107 cm³/mol. The lowest BCUT2D eigenvalue weighted by Crippen LogP contribution is -2.49. The van der Waals surface area contributed by atoms with Crippen LogP contribution in [0.25, 0.3) is 0 Å². The molecule has 1 aliphatic rings. The molecule has 0 heterocycles. The molecule has 7 heteroatoms. The van der Waals surface area contributed by atoms with Crippen LogP contribution in [-0.4, -0.2) is 24.3 Å². The van der Waals surface area contributed by atoms with Gasteiger partial charge in [-0.15, -0.1) is 0 Å². The molecule has 3 rings (SSSR count). The molecule has 146 valence electrons. The molecule has 4 N–H and O–H groups in total. The highest BCUT2D eigenvalue weighted by Crippen LogP contribution is 2.44. The minimum atomic E-state index is -0.600. The van der Waals surface area contributed by atoms with Crippen molar-refractivity contribution >= 4 is 29.3 Å². The molecule has 1 aliphatic carbocycles. The second kappa shape index (κ2) is 8.44. The van der Waals surface area contributed by atoms with Gasteiger partial charge in [0.2, 0.25) is 11.8 Å². The first-order valence-electron chi connectivity index (χ1n) is 9.10. The van der Waals surface area contributed by atoms with E-state index >= 15 is 0 Å². The highest BCUT2D eigenvalue weighted by Gasteiger charge is 2.45. The van der Waals surface area contributed by atoms with Gasteiger partial charge >= 0.3 is 0 Å². The number of carbonyl (C=O) groups excluding carboxylic acids is 3. The van der Waals surface area contributed by atoms with Crippen LogP contribution in [0.4, 0.5) is 0 Å². The van der Waals surface area contributed by atoms with E-state index in [0.29, 0.717) is 17.1 Å². The third-order valence-corrected chi connectivity index (χ3v) is 5.35. The maximum atomic E-state index is 12.9. The van der Waals surface area contributed by atoms with E-state index in [1.807, 2.05) is 18.2 Å². The Labute approximate surface area is 168 Å². The van der Waals surface area contributed by atoms with Crippen molar-refractivity contribution in [2.75, 3.05) is 6.54 Å². The highest BCUT2D eigenvalue weighted by molar-refractivity contribution is 6.30. The minimum Gasteiger partial charge on any atom is -0.368 e. The summed E-state index contributed by atoms with van der Waals surface area (Å²) >= 11 is 6.10. The van der Waals surface area contributed by atoms with E-state index in [9.17, 15) is 14.4 Å². The summed E-state index contributed by atoms with van der Waals surface area (Å²) in [4.78, 5) is 35.5. The first-order chi connectivity index (χ1) is 13.4. The van der Waals surface area contributed by atoms with E-state index in [2.05, 4.69) is 10.6 Å². The molecule has 2 aromatic carbocycles. The van der Waals surface area contributed by atoms with Gasteiger partial charge in [-0.05, 0) is 48.2 Å². The zero-order chi connectivity index (χ0) is 20.1. The molecular weight excluding hydrogens is 378 g/mol. The minimum absolute atomic E-state index is 0.00991. The number of hydrogen-bond donors (Lipinski definition) is 3.